The van der Waals surface area contributed by atoms with Gasteiger partial charge in [0, 0.05) is 25.7 Å². The summed E-state index contributed by atoms with van der Waals surface area (Å²) in [6.45, 7) is 9.52. The minimum absolute atomic E-state index is 0.106. The van der Waals surface area contributed by atoms with Crippen molar-refractivity contribution < 1.29 is 80.2 Å². The van der Waals surface area contributed by atoms with E-state index in [1.54, 1.807) is 0 Å². The van der Waals surface area contributed by atoms with Gasteiger partial charge in [0.15, 0.2) is 12.2 Å². The first-order valence-corrected chi connectivity index (χ1v) is 41.0. The van der Waals surface area contributed by atoms with E-state index in [1.807, 2.05) is 0 Å². The molecule has 0 aliphatic heterocycles. The van der Waals surface area contributed by atoms with Crippen LogP contribution in [0, 0.1) is 11.8 Å². The molecule has 0 saturated heterocycles. The fourth-order valence-electron chi connectivity index (χ4n) is 11.1. The van der Waals surface area contributed by atoms with E-state index in [2.05, 4.69) is 41.5 Å². The second-order valence-corrected chi connectivity index (χ2v) is 30.2. The largest absolute Gasteiger partial charge is 0.472 e. The molecule has 0 spiro atoms. The van der Waals surface area contributed by atoms with Crippen molar-refractivity contribution in [1.29, 1.82) is 0 Å². The summed E-state index contributed by atoms with van der Waals surface area (Å²) in [6.07, 6.45) is 51.4. The van der Waals surface area contributed by atoms with Crippen LogP contribution in [0.3, 0.4) is 0 Å². The fourth-order valence-corrected chi connectivity index (χ4v) is 12.7. The van der Waals surface area contributed by atoms with Gasteiger partial charge in [0.25, 0.3) is 0 Å². The Morgan fingerprint density at radius 3 is 0.739 bits per heavy atom. The first-order valence-electron chi connectivity index (χ1n) is 38.0. The lowest BCUT2D eigenvalue weighted by atomic mass is 10.0. The highest BCUT2D eigenvalue weighted by atomic mass is 31.2. The minimum Gasteiger partial charge on any atom is -0.462 e. The Morgan fingerprint density at radius 2 is 0.500 bits per heavy atom. The number of ether oxygens (including phenoxy) is 4. The Kier molecular flexibility index (Phi) is 63.7. The molecule has 0 saturated carbocycles. The molecule has 92 heavy (non-hydrogen) atoms. The van der Waals surface area contributed by atoms with Crippen LogP contribution in [-0.4, -0.2) is 96.7 Å². The average Bonchev–Trinajstić information content (AvgIpc) is 3.27. The second-order valence-electron chi connectivity index (χ2n) is 27.3. The van der Waals surface area contributed by atoms with E-state index in [-0.39, 0.29) is 25.7 Å². The molecule has 0 aromatic rings. The summed E-state index contributed by atoms with van der Waals surface area (Å²) in [4.78, 5) is 72.6. The summed E-state index contributed by atoms with van der Waals surface area (Å²) in [7, 11) is -9.90. The molecule has 0 amide bonds. The van der Waals surface area contributed by atoms with E-state index in [1.165, 1.54) is 186 Å². The third-order valence-electron chi connectivity index (χ3n) is 17.0. The molecule has 5 atom stereocenters. The lowest BCUT2D eigenvalue weighted by Crippen LogP contribution is -2.30. The summed E-state index contributed by atoms with van der Waals surface area (Å²) >= 11 is 0. The smallest absolute Gasteiger partial charge is 0.462 e. The molecule has 0 aromatic carbocycles. The van der Waals surface area contributed by atoms with Crippen LogP contribution in [0.2, 0.25) is 0 Å². The monoisotopic (exact) mass is 1350 g/mol. The Hall–Kier alpha value is -1.94. The molecule has 2 unspecified atom stereocenters. The van der Waals surface area contributed by atoms with Crippen molar-refractivity contribution in [2.45, 2.75) is 394 Å². The molecule has 0 rings (SSSR count). The first-order chi connectivity index (χ1) is 44.4. The molecular weight excluding hydrogens is 1210 g/mol. The maximum Gasteiger partial charge on any atom is 0.472 e. The van der Waals surface area contributed by atoms with Crippen LogP contribution in [0.25, 0.3) is 0 Å². The Balaban J connectivity index is 5.21. The van der Waals surface area contributed by atoms with Gasteiger partial charge in [-0.3, -0.25) is 37.3 Å². The number of aliphatic hydroxyl groups excluding tert-OH is 1. The predicted octanol–water partition coefficient (Wildman–Crippen LogP) is 21.2. The highest BCUT2D eigenvalue weighted by Crippen LogP contribution is 2.45. The summed E-state index contributed by atoms with van der Waals surface area (Å²) in [6, 6.07) is 0. The van der Waals surface area contributed by atoms with Gasteiger partial charge in [-0.1, -0.05) is 324 Å². The van der Waals surface area contributed by atoms with Gasteiger partial charge in [0.1, 0.15) is 19.3 Å². The van der Waals surface area contributed by atoms with E-state index in [0.717, 1.165) is 102 Å². The molecule has 17 nitrogen and oxygen atoms in total. The number of phosphoric ester groups is 2. The third kappa shape index (κ3) is 66.7. The van der Waals surface area contributed by atoms with E-state index in [4.69, 9.17) is 37.0 Å². The standard InChI is InChI=1S/C73H142O17P2/c1-7-9-11-13-15-17-19-24-29-32-36-43-49-55-70(75)83-61-68(89-73(78)58-52-46-38-34-30-26-23-21-20-22-25-28-31-35-41-47-53-65(3)4)63-87-91(79,80)85-59-67(74)60-86-92(81,82)88-64-69(62-84-71(76)56-50-44-40-39-42-48-54-66(5)6)90-72(77)57-51-45-37-33-27-18-16-14-12-10-8-2/h65-69,74H,7-64H2,1-6H3,(H,79,80)(H,81,82)/t67-,68-,69-/m1/s1. The number of unbranched alkanes of at least 4 members (excludes halogenated alkanes) is 42. The highest BCUT2D eigenvalue weighted by molar-refractivity contribution is 7.47. The number of esters is 4. The van der Waals surface area contributed by atoms with Crippen molar-refractivity contribution in [3.63, 3.8) is 0 Å². The predicted molar refractivity (Wildman–Crippen MR) is 372 cm³/mol. The molecule has 0 bridgehead atoms. The molecule has 0 aromatic heterocycles. The van der Waals surface area contributed by atoms with Gasteiger partial charge in [0.2, 0.25) is 0 Å². The third-order valence-corrected chi connectivity index (χ3v) is 18.9. The van der Waals surface area contributed by atoms with E-state index in [0.29, 0.717) is 31.6 Å². The molecule has 0 heterocycles. The van der Waals surface area contributed by atoms with Crippen molar-refractivity contribution in [3.8, 4) is 0 Å². The average molecular weight is 1350 g/mol. The van der Waals surface area contributed by atoms with Gasteiger partial charge in [0.05, 0.1) is 26.4 Å². The summed E-state index contributed by atoms with van der Waals surface area (Å²) < 4.78 is 68.3. The minimum atomic E-state index is -4.95. The van der Waals surface area contributed by atoms with Crippen molar-refractivity contribution in [3.05, 3.63) is 0 Å². The SMILES string of the molecule is CCCCCCCCCCCCCCCC(=O)OC[C@H](COP(=O)(O)OC[C@@H](O)COP(=O)(O)OC[C@@H](COC(=O)CCCCCCCCC(C)C)OC(=O)CCCCCCCCCCCCC)OC(=O)CCCCCCCCCCCCCCCCCCC(C)C. The maximum atomic E-state index is 13.1. The number of phosphoric acid groups is 2. The number of hydrogen-bond acceptors (Lipinski definition) is 15. The molecule has 0 aliphatic carbocycles. The van der Waals surface area contributed by atoms with Crippen LogP contribution in [0.1, 0.15) is 375 Å². The molecule has 3 N–H and O–H groups in total. The first kappa shape index (κ1) is 90.1. The molecule has 19 heteroatoms. The maximum absolute atomic E-state index is 13.1. The quantitative estimate of drug-likeness (QED) is 0.0222. The van der Waals surface area contributed by atoms with Crippen LogP contribution in [-0.2, 0) is 65.4 Å². The molecule has 0 fully saturated rings. The van der Waals surface area contributed by atoms with Crippen LogP contribution in [0.4, 0.5) is 0 Å². The topological polar surface area (TPSA) is 237 Å². The van der Waals surface area contributed by atoms with Gasteiger partial charge in [-0.25, -0.2) is 9.13 Å². The number of hydrogen-bond donors (Lipinski definition) is 3. The van der Waals surface area contributed by atoms with Gasteiger partial charge in [-0.2, -0.15) is 0 Å². The zero-order valence-corrected chi connectivity index (χ0v) is 61.6. The number of carbonyl (C=O) groups is 4. The van der Waals surface area contributed by atoms with E-state index < -0.39 is 97.5 Å². The zero-order chi connectivity index (χ0) is 67.9. The number of rotatable bonds is 72. The normalized spacial score (nSPS) is 14.1. The van der Waals surface area contributed by atoms with Gasteiger partial charge in [-0.15, -0.1) is 0 Å². The van der Waals surface area contributed by atoms with Crippen molar-refractivity contribution in [2.75, 3.05) is 39.6 Å². The van der Waals surface area contributed by atoms with Crippen LogP contribution < -0.4 is 0 Å². The Morgan fingerprint density at radius 1 is 0.293 bits per heavy atom. The van der Waals surface area contributed by atoms with Crippen LogP contribution in [0.15, 0.2) is 0 Å². The van der Waals surface area contributed by atoms with Gasteiger partial charge >= 0.3 is 39.5 Å². The Bertz CT molecular complexity index is 1790. The molecule has 546 valence electrons. The van der Waals surface area contributed by atoms with E-state index in [9.17, 15) is 43.2 Å². The molecule has 0 radical (unpaired) electrons. The van der Waals surface area contributed by atoms with Gasteiger partial charge in [-0.05, 0) is 37.5 Å². The van der Waals surface area contributed by atoms with Gasteiger partial charge < -0.3 is 33.8 Å². The van der Waals surface area contributed by atoms with Crippen LogP contribution >= 0.6 is 15.6 Å². The van der Waals surface area contributed by atoms with Crippen molar-refractivity contribution >= 4 is 39.5 Å². The van der Waals surface area contributed by atoms with Crippen LogP contribution in [0.5, 0.6) is 0 Å². The summed E-state index contributed by atoms with van der Waals surface area (Å²) in [5, 5.41) is 10.6. The van der Waals surface area contributed by atoms with Crippen molar-refractivity contribution in [2.24, 2.45) is 11.8 Å². The molecule has 0 aliphatic rings. The second kappa shape index (κ2) is 65.0. The van der Waals surface area contributed by atoms with E-state index >= 15 is 0 Å². The summed E-state index contributed by atoms with van der Waals surface area (Å²) in [5.41, 5.74) is 0. The van der Waals surface area contributed by atoms with Crippen molar-refractivity contribution in [1.82, 2.24) is 0 Å². The number of carbonyl (C=O) groups excluding carboxylic acids is 4. The lowest BCUT2D eigenvalue weighted by molar-refractivity contribution is -0.161. The zero-order valence-electron chi connectivity index (χ0n) is 59.9. The fraction of sp³-hybridized carbons (Fsp3) is 0.945. The highest BCUT2D eigenvalue weighted by Gasteiger charge is 2.30. The molecular formula is C73H142O17P2. The Labute approximate surface area is 562 Å². The number of aliphatic hydroxyl groups is 1. The summed E-state index contributed by atoms with van der Waals surface area (Å²) in [5.74, 6) is -0.631. The lowest BCUT2D eigenvalue weighted by Gasteiger charge is -2.21.